The molecule has 0 atom stereocenters. The highest BCUT2D eigenvalue weighted by Crippen LogP contribution is 2.15. The number of hydrogen-bond acceptors (Lipinski definition) is 4. The van der Waals surface area contributed by atoms with Crippen molar-refractivity contribution in [3.8, 4) is 0 Å². The van der Waals surface area contributed by atoms with Gasteiger partial charge in [-0.05, 0) is 27.3 Å². The van der Waals surface area contributed by atoms with Gasteiger partial charge in [0.05, 0.1) is 5.69 Å². The van der Waals surface area contributed by atoms with E-state index in [0.29, 0.717) is 6.04 Å². The molecule has 0 aromatic carbocycles. The first-order valence-corrected chi connectivity index (χ1v) is 5.60. The van der Waals surface area contributed by atoms with E-state index in [1.807, 2.05) is 0 Å². The Labute approximate surface area is 91.7 Å². The zero-order valence-electron chi connectivity index (χ0n) is 10.1. The van der Waals surface area contributed by atoms with Crippen molar-refractivity contribution < 1.29 is 4.42 Å². The second kappa shape index (κ2) is 5.75. The van der Waals surface area contributed by atoms with E-state index < -0.39 is 0 Å². The Hall–Kier alpha value is -1.03. The van der Waals surface area contributed by atoms with Crippen LogP contribution in [0.2, 0.25) is 0 Å². The highest BCUT2D eigenvalue weighted by molar-refractivity contribution is 5.27. The van der Waals surface area contributed by atoms with Gasteiger partial charge >= 0.3 is 0 Å². The van der Waals surface area contributed by atoms with Crippen LogP contribution < -0.4 is 10.2 Å². The van der Waals surface area contributed by atoms with E-state index in [1.54, 1.807) is 6.26 Å². The molecule has 0 amide bonds. The fourth-order valence-corrected chi connectivity index (χ4v) is 1.48. The molecule has 0 saturated heterocycles. The Morgan fingerprint density at radius 2 is 2.20 bits per heavy atom. The predicted octanol–water partition coefficient (Wildman–Crippen LogP) is 2.02. The number of nitrogens with one attached hydrogen (secondary N) is 1. The van der Waals surface area contributed by atoms with Gasteiger partial charge in [-0.15, -0.1) is 0 Å². The SMILES string of the molecule is CCNCc1coc(N(CC)C(C)C)n1. The van der Waals surface area contributed by atoms with Gasteiger partial charge < -0.3 is 14.6 Å². The topological polar surface area (TPSA) is 41.3 Å². The van der Waals surface area contributed by atoms with Gasteiger partial charge in [-0.2, -0.15) is 4.98 Å². The zero-order valence-corrected chi connectivity index (χ0v) is 10.1. The first kappa shape index (κ1) is 12.0. The van der Waals surface area contributed by atoms with Gasteiger partial charge in [0.1, 0.15) is 6.26 Å². The standard InChI is InChI=1S/C11H21N3O/c1-5-12-7-10-8-15-11(13-10)14(6-2)9(3)4/h8-9,12H,5-7H2,1-4H3. The molecule has 0 aliphatic carbocycles. The van der Waals surface area contributed by atoms with Crippen LogP contribution in [0, 0.1) is 0 Å². The van der Waals surface area contributed by atoms with Gasteiger partial charge in [0.15, 0.2) is 0 Å². The fraction of sp³-hybridized carbons (Fsp3) is 0.727. The fourth-order valence-electron chi connectivity index (χ4n) is 1.48. The number of rotatable bonds is 6. The summed E-state index contributed by atoms with van der Waals surface area (Å²) in [6.07, 6.45) is 1.73. The lowest BCUT2D eigenvalue weighted by atomic mass is 10.3. The maximum atomic E-state index is 5.45. The van der Waals surface area contributed by atoms with Crippen molar-refractivity contribution >= 4 is 6.01 Å². The van der Waals surface area contributed by atoms with Crippen LogP contribution in [0.15, 0.2) is 10.7 Å². The molecule has 0 fully saturated rings. The van der Waals surface area contributed by atoms with Gasteiger partial charge in [0, 0.05) is 19.1 Å². The minimum Gasteiger partial charge on any atom is -0.432 e. The second-order valence-electron chi connectivity index (χ2n) is 3.78. The Bertz CT molecular complexity index is 283. The first-order chi connectivity index (χ1) is 7.19. The Morgan fingerprint density at radius 1 is 1.47 bits per heavy atom. The van der Waals surface area contributed by atoms with E-state index in [1.165, 1.54) is 0 Å². The summed E-state index contributed by atoms with van der Waals surface area (Å²) in [5.41, 5.74) is 0.964. The molecule has 0 aliphatic heterocycles. The Morgan fingerprint density at radius 3 is 2.73 bits per heavy atom. The van der Waals surface area contributed by atoms with Crippen LogP contribution in [0.4, 0.5) is 6.01 Å². The summed E-state index contributed by atoms with van der Waals surface area (Å²) in [7, 11) is 0. The first-order valence-electron chi connectivity index (χ1n) is 5.60. The largest absolute Gasteiger partial charge is 0.432 e. The highest BCUT2D eigenvalue weighted by atomic mass is 16.4. The Balaban J connectivity index is 2.65. The molecular formula is C11H21N3O. The summed E-state index contributed by atoms with van der Waals surface area (Å²) in [5, 5.41) is 3.22. The quantitative estimate of drug-likeness (QED) is 0.781. The summed E-state index contributed by atoms with van der Waals surface area (Å²) >= 11 is 0. The summed E-state index contributed by atoms with van der Waals surface area (Å²) < 4.78 is 5.45. The molecule has 0 unspecified atom stereocenters. The molecule has 1 heterocycles. The van der Waals surface area contributed by atoms with Crippen molar-refractivity contribution in [2.75, 3.05) is 18.0 Å². The number of hydrogen-bond donors (Lipinski definition) is 1. The van der Waals surface area contributed by atoms with Gasteiger partial charge in [-0.3, -0.25) is 0 Å². The van der Waals surface area contributed by atoms with Gasteiger partial charge in [0.2, 0.25) is 0 Å². The van der Waals surface area contributed by atoms with Crippen LogP contribution in [0.1, 0.15) is 33.4 Å². The molecule has 1 aromatic heterocycles. The molecule has 0 radical (unpaired) electrons. The third-order valence-electron chi connectivity index (χ3n) is 2.31. The van der Waals surface area contributed by atoms with Crippen molar-refractivity contribution in [3.63, 3.8) is 0 Å². The molecule has 4 nitrogen and oxygen atoms in total. The molecule has 0 spiro atoms. The second-order valence-corrected chi connectivity index (χ2v) is 3.78. The molecule has 86 valence electrons. The van der Waals surface area contributed by atoms with E-state index in [0.717, 1.165) is 31.3 Å². The van der Waals surface area contributed by atoms with Crippen LogP contribution in [0.3, 0.4) is 0 Å². The van der Waals surface area contributed by atoms with Crippen molar-refractivity contribution in [1.82, 2.24) is 10.3 Å². The minimum atomic E-state index is 0.417. The van der Waals surface area contributed by atoms with Crippen LogP contribution in [-0.4, -0.2) is 24.1 Å². The van der Waals surface area contributed by atoms with E-state index in [4.69, 9.17) is 4.42 Å². The lowest BCUT2D eigenvalue weighted by molar-refractivity contribution is 0.516. The Kier molecular flexibility index (Phi) is 4.62. The monoisotopic (exact) mass is 211 g/mol. The molecular weight excluding hydrogens is 190 g/mol. The maximum Gasteiger partial charge on any atom is 0.297 e. The summed E-state index contributed by atoms with van der Waals surface area (Å²) in [4.78, 5) is 6.57. The third-order valence-corrected chi connectivity index (χ3v) is 2.31. The molecule has 15 heavy (non-hydrogen) atoms. The van der Waals surface area contributed by atoms with Crippen molar-refractivity contribution in [3.05, 3.63) is 12.0 Å². The molecule has 0 bridgehead atoms. The summed E-state index contributed by atoms with van der Waals surface area (Å²) in [6, 6.07) is 1.14. The van der Waals surface area contributed by atoms with Gasteiger partial charge in [0.25, 0.3) is 6.01 Å². The van der Waals surface area contributed by atoms with Crippen LogP contribution in [0.5, 0.6) is 0 Å². The van der Waals surface area contributed by atoms with Crippen LogP contribution >= 0.6 is 0 Å². The zero-order chi connectivity index (χ0) is 11.3. The molecule has 1 N–H and O–H groups in total. The van der Waals surface area contributed by atoms with Crippen LogP contribution in [-0.2, 0) is 6.54 Å². The van der Waals surface area contributed by atoms with Crippen molar-refractivity contribution in [2.45, 2.75) is 40.3 Å². The number of nitrogens with zero attached hydrogens (tertiary/aromatic N) is 2. The van der Waals surface area contributed by atoms with E-state index in [-0.39, 0.29) is 0 Å². The summed E-state index contributed by atoms with van der Waals surface area (Å²) in [5.74, 6) is 0. The lowest BCUT2D eigenvalue weighted by Gasteiger charge is -2.22. The molecule has 1 aromatic rings. The number of oxazole rings is 1. The van der Waals surface area contributed by atoms with E-state index >= 15 is 0 Å². The van der Waals surface area contributed by atoms with Crippen LogP contribution in [0.25, 0.3) is 0 Å². The third kappa shape index (κ3) is 3.23. The van der Waals surface area contributed by atoms with E-state index in [9.17, 15) is 0 Å². The van der Waals surface area contributed by atoms with E-state index in [2.05, 4.69) is 42.9 Å². The minimum absolute atomic E-state index is 0.417. The molecule has 0 saturated carbocycles. The van der Waals surface area contributed by atoms with Gasteiger partial charge in [-0.1, -0.05) is 6.92 Å². The normalized spacial score (nSPS) is 11.0. The predicted molar refractivity (Wildman–Crippen MR) is 62.0 cm³/mol. The molecule has 4 heteroatoms. The summed E-state index contributed by atoms with van der Waals surface area (Å²) in [6.45, 7) is 11.1. The number of aromatic nitrogens is 1. The average molecular weight is 211 g/mol. The number of anilines is 1. The molecule has 1 rings (SSSR count). The smallest absolute Gasteiger partial charge is 0.297 e. The van der Waals surface area contributed by atoms with Crippen molar-refractivity contribution in [2.24, 2.45) is 0 Å². The average Bonchev–Trinajstić information content (AvgIpc) is 2.64. The maximum absolute atomic E-state index is 5.45. The highest BCUT2D eigenvalue weighted by Gasteiger charge is 2.13. The molecule has 0 aliphatic rings. The van der Waals surface area contributed by atoms with Gasteiger partial charge in [-0.25, -0.2) is 0 Å². The lowest BCUT2D eigenvalue weighted by Crippen LogP contribution is -2.30. The van der Waals surface area contributed by atoms with Crippen molar-refractivity contribution in [1.29, 1.82) is 0 Å².